The summed E-state index contributed by atoms with van der Waals surface area (Å²) in [4.78, 5) is 9.16. The first kappa shape index (κ1) is 17.5. The van der Waals surface area contributed by atoms with E-state index in [0.29, 0.717) is 25.7 Å². The number of aromatic hydroxyl groups is 1. The normalized spacial score (nSPS) is 14.0. The molecule has 0 radical (unpaired) electrons. The number of nitrogens with zero attached hydrogens (tertiary/aromatic N) is 2. The van der Waals surface area contributed by atoms with Crippen LogP contribution in [0.15, 0.2) is 45.9 Å². The van der Waals surface area contributed by atoms with Crippen LogP contribution < -0.4 is 5.32 Å². The number of rotatable bonds is 3. The molecule has 0 saturated carbocycles. The number of anilines is 2. The Balaban J connectivity index is 1.65. The molecule has 0 amide bonds. The summed E-state index contributed by atoms with van der Waals surface area (Å²) in [6.45, 7) is 0. The van der Waals surface area contributed by atoms with Gasteiger partial charge in [0, 0.05) is 21.8 Å². The van der Waals surface area contributed by atoms with Gasteiger partial charge in [-0.2, -0.15) is 4.98 Å². The summed E-state index contributed by atoms with van der Waals surface area (Å²) in [5.41, 5.74) is 3.43. The predicted molar refractivity (Wildman–Crippen MR) is 114 cm³/mol. The van der Waals surface area contributed by atoms with E-state index in [1.165, 1.54) is 11.3 Å². The van der Waals surface area contributed by atoms with Crippen LogP contribution in [0.4, 0.5) is 16.5 Å². The van der Waals surface area contributed by atoms with Crippen molar-refractivity contribution in [3.05, 3.63) is 61.4 Å². The molecule has 0 atom stereocenters. The molecule has 0 bridgehead atoms. The first-order chi connectivity index (χ1) is 12.5. The van der Waals surface area contributed by atoms with Crippen LogP contribution in [0.25, 0.3) is 11.6 Å². The number of allylic oxidation sites excluding steroid dienone is 1. The molecule has 0 spiro atoms. The molecule has 0 saturated heterocycles. The highest BCUT2D eigenvalue weighted by Gasteiger charge is 2.16. The molecule has 8 heteroatoms. The lowest BCUT2D eigenvalue weighted by atomic mass is 10.1. The lowest BCUT2D eigenvalue weighted by Crippen LogP contribution is -1.90. The molecule has 2 heterocycles. The molecule has 1 aliphatic heterocycles. The molecular weight excluding hydrogens is 457 g/mol. The third-order valence-electron chi connectivity index (χ3n) is 3.73. The molecule has 2 N–H and O–H groups in total. The van der Waals surface area contributed by atoms with E-state index in [2.05, 4.69) is 31.2 Å². The molecule has 1 aliphatic rings. The van der Waals surface area contributed by atoms with Gasteiger partial charge >= 0.3 is 0 Å². The van der Waals surface area contributed by atoms with E-state index in [4.69, 9.17) is 23.2 Å². The molecule has 130 valence electrons. The maximum atomic E-state index is 10.2. The van der Waals surface area contributed by atoms with Crippen LogP contribution in [0.2, 0.25) is 10.0 Å². The molecule has 1 aromatic heterocycles. The summed E-state index contributed by atoms with van der Waals surface area (Å²) in [7, 11) is 0. The fraction of sp³-hybridized carbons (Fsp3) is 0. The highest BCUT2D eigenvalue weighted by Crippen LogP contribution is 2.39. The molecule has 4 rings (SSSR count). The van der Waals surface area contributed by atoms with Gasteiger partial charge in [0.25, 0.3) is 0 Å². The maximum Gasteiger partial charge on any atom is 0.231 e. The third kappa shape index (κ3) is 3.38. The number of aliphatic imine (C=N–C) groups is 1. The van der Waals surface area contributed by atoms with E-state index in [9.17, 15) is 5.11 Å². The standard InChI is InChI=1S/C18H10BrCl2N3OS/c19-10-4-5-13-11(7-10)9(8-22-13)6-15-17(25)24-18(26-15)23-14-3-1-2-12(20)16(14)21/h1-8,25H,(H,23,24). The zero-order valence-corrected chi connectivity index (χ0v) is 16.9. The fourth-order valence-corrected chi connectivity index (χ4v) is 4.04. The SMILES string of the molecule is Oc1nc(Nc2cccc(Cl)c2Cl)sc1C=C1C=Nc2ccc(Br)cc21. The van der Waals surface area contributed by atoms with Crippen molar-refractivity contribution >= 4 is 84.8 Å². The van der Waals surface area contributed by atoms with Crippen LogP contribution >= 0.6 is 50.5 Å². The van der Waals surface area contributed by atoms with E-state index in [1.807, 2.05) is 24.3 Å². The Kier molecular flexibility index (Phi) is 4.75. The Morgan fingerprint density at radius 3 is 2.88 bits per heavy atom. The van der Waals surface area contributed by atoms with E-state index in [1.54, 1.807) is 24.4 Å². The lowest BCUT2D eigenvalue weighted by molar-refractivity contribution is 0.457. The van der Waals surface area contributed by atoms with Gasteiger partial charge in [-0.3, -0.25) is 4.99 Å². The van der Waals surface area contributed by atoms with Gasteiger partial charge in [0.15, 0.2) is 5.13 Å². The van der Waals surface area contributed by atoms with E-state index in [-0.39, 0.29) is 5.88 Å². The second-order valence-corrected chi connectivity index (χ2v) is 8.18. The summed E-state index contributed by atoms with van der Waals surface area (Å²) in [6, 6.07) is 11.2. The molecule has 0 unspecified atom stereocenters. The van der Waals surface area contributed by atoms with Crippen molar-refractivity contribution in [2.24, 2.45) is 4.99 Å². The monoisotopic (exact) mass is 465 g/mol. The zero-order chi connectivity index (χ0) is 18.3. The van der Waals surface area contributed by atoms with Crippen LogP contribution in [-0.4, -0.2) is 16.3 Å². The van der Waals surface area contributed by atoms with Crippen LogP contribution in [-0.2, 0) is 0 Å². The van der Waals surface area contributed by atoms with Gasteiger partial charge in [0.05, 0.1) is 26.3 Å². The summed E-state index contributed by atoms with van der Waals surface area (Å²) < 4.78 is 0.971. The molecule has 3 aromatic rings. The second-order valence-electron chi connectivity index (χ2n) is 5.45. The number of halogens is 3. The van der Waals surface area contributed by atoms with Gasteiger partial charge in [0.1, 0.15) is 0 Å². The maximum absolute atomic E-state index is 10.2. The van der Waals surface area contributed by atoms with Crippen molar-refractivity contribution in [2.45, 2.75) is 0 Å². The molecule has 26 heavy (non-hydrogen) atoms. The highest BCUT2D eigenvalue weighted by molar-refractivity contribution is 9.10. The van der Waals surface area contributed by atoms with Crippen molar-refractivity contribution in [3.63, 3.8) is 0 Å². The van der Waals surface area contributed by atoms with Crippen LogP contribution in [0.3, 0.4) is 0 Å². The van der Waals surface area contributed by atoms with Crippen molar-refractivity contribution in [1.82, 2.24) is 4.98 Å². The Labute approximate surface area is 172 Å². The van der Waals surface area contributed by atoms with Crippen molar-refractivity contribution in [2.75, 3.05) is 5.32 Å². The smallest absolute Gasteiger partial charge is 0.231 e. The van der Waals surface area contributed by atoms with E-state index >= 15 is 0 Å². The minimum Gasteiger partial charge on any atom is -0.492 e. The number of hydrogen-bond donors (Lipinski definition) is 2. The minimum absolute atomic E-state index is 0.0556. The number of aromatic nitrogens is 1. The number of fused-ring (bicyclic) bond motifs is 1. The largest absolute Gasteiger partial charge is 0.492 e. The summed E-state index contributed by atoms with van der Waals surface area (Å²) >= 11 is 17.0. The zero-order valence-electron chi connectivity index (χ0n) is 13.0. The number of thiazole rings is 1. The average Bonchev–Trinajstić information content (AvgIpc) is 3.16. The summed E-state index contributed by atoms with van der Waals surface area (Å²) in [5.74, 6) is -0.0556. The number of benzene rings is 2. The van der Waals surface area contributed by atoms with Gasteiger partial charge in [0.2, 0.25) is 5.88 Å². The molecular formula is C18H10BrCl2N3OS. The van der Waals surface area contributed by atoms with E-state index < -0.39 is 0 Å². The second kappa shape index (κ2) is 7.04. The van der Waals surface area contributed by atoms with E-state index in [0.717, 1.165) is 21.3 Å². The molecule has 4 nitrogen and oxygen atoms in total. The summed E-state index contributed by atoms with van der Waals surface area (Å²) in [6.07, 6.45) is 3.64. The number of nitrogens with one attached hydrogen (secondary N) is 1. The van der Waals surface area contributed by atoms with Gasteiger partial charge < -0.3 is 10.4 Å². The quantitative estimate of drug-likeness (QED) is 0.440. The first-order valence-electron chi connectivity index (χ1n) is 7.48. The van der Waals surface area contributed by atoms with Gasteiger partial charge in [-0.1, -0.05) is 56.5 Å². The Morgan fingerprint density at radius 2 is 2.04 bits per heavy atom. The first-order valence-corrected chi connectivity index (χ1v) is 9.84. The van der Waals surface area contributed by atoms with Crippen molar-refractivity contribution < 1.29 is 5.11 Å². The Bertz CT molecular complexity index is 1080. The third-order valence-corrected chi connectivity index (χ3v) is 5.95. The predicted octanol–water partition coefficient (Wildman–Crippen LogP) is 6.92. The van der Waals surface area contributed by atoms with Gasteiger partial charge in [-0.25, -0.2) is 0 Å². The van der Waals surface area contributed by atoms with Crippen molar-refractivity contribution in [1.29, 1.82) is 0 Å². The highest BCUT2D eigenvalue weighted by atomic mass is 79.9. The fourth-order valence-electron chi connectivity index (χ4n) is 2.50. The van der Waals surface area contributed by atoms with Crippen molar-refractivity contribution in [3.8, 4) is 5.88 Å². The van der Waals surface area contributed by atoms with Crippen LogP contribution in [0.1, 0.15) is 10.4 Å². The van der Waals surface area contributed by atoms with Crippen LogP contribution in [0, 0.1) is 0 Å². The Hall–Kier alpha value is -1.86. The molecule has 0 fully saturated rings. The minimum atomic E-state index is -0.0556. The average molecular weight is 467 g/mol. The molecule has 2 aromatic carbocycles. The van der Waals surface area contributed by atoms with Gasteiger partial charge in [-0.05, 0) is 36.4 Å². The molecule has 0 aliphatic carbocycles. The lowest BCUT2D eigenvalue weighted by Gasteiger charge is -2.05. The summed E-state index contributed by atoms with van der Waals surface area (Å²) in [5, 5.41) is 14.7. The number of hydrogen-bond acceptors (Lipinski definition) is 5. The topological polar surface area (TPSA) is 57.5 Å². The van der Waals surface area contributed by atoms with Crippen LogP contribution in [0.5, 0.6) is 5.88 Å². The van der Waals surface area contributed by atoms with Gasteiger partial charge in [-0.15, -0.1) is 0 Å². The Morgan fingerprint density at radius 1 is 1.19 bits per heavy atom.